The lowest BCUT2D eigenvalue weighted by molar-refractivity contribution is -0.130. The molecule has 1 heterocycles. The first-order valence-corrected chi connectivity index (χ1v) is 10.2. The number of oxazole rings is 1. The van der Waals surface area contributed by atoms with Gasteiger partial charge in [-0.05, 0) is 30.0 Å². The fourth-order valence-corrected chi connectivity index (χ4v) is 3.01. The molecule has 0 fully saturated rings. The zero-order chi connectivity index (χ0) is 22.2. The Kier molecular flexibility index (Phi) is 7.43. The number of nitrogens with one attached hydrogen (secondary N) is 2. The van der Waals surface area contributed by atoms with Gasteiger partial charge in [0.25, 0.3) is 5.91 Å². The lowest BCUT2D eigenvalue weighted by Crippen LogP contribution is -2.43. The number of amides is 2. The molecule has 0 bridgehead atoms. The summed E-state index contributed by atoms with van der Waals surface area (Å²) >= 11 is 0. The van der Waals surface area contributed by atoms with Crippen molar-refractivity contribution in [1.29, 1.82) is 0 Å². The molecule has 162 valence electrons. The van der Waals surface area contributed by atoms with Gasteiger partial charge in [-0.15, -0.1) is 0 Å². The van der Waals surface area contributed by atoms with E-state index in [0.717, 1.165) is 16.7 Å². The molecule has 0 unspecified atom stereocenters. The number of rotatable bonds is 8. The molecule has 2 aromatic carbocycles. The number of hydrogen-bond donors (Lipinski definition) is 2. The van der Waals surface area contributed by atoms with Crippen LogP contribution in [0.4, 0.5) is 0 Å². The van der Waals surface area contributed by atoms with E-state index in [0.29, 0.717) is 23.8 Å². The van der Waals surface area contributed by atoms with Crippen LogP contribution in [0.3, 0.4) is 0 Å². The molecule has 0 atom stereocenters. The van der Waals surface area contributed by atoms with Crippen molar-refractivity contribution in [2.45, 2.75) is 39.5 Å². The molecule has 7 nitrogen and oxygen atoms in total. The lowest BCUT2D eigenvalue weighted by Gasteiger charge is -2.15. The van der Waals surface area contributed by atoms with E-state index in [-0.39, 0.29) is 24.9 Å². The lowest BCUT2D eigenvalue weighted by atomic mass is 10.0. The number of aryl methyl sites for hydroxylation is 2. The number of benzene rings is 2. The first-order valence-electron chi connectivity index (χ1n) is 10.2. The standard InChI is InChI=1S/C24H27N3O4/c1-16(2)19-10-9-17(3)13-20(19)30-15-23(29)27-26-22(28)11-12-24-25-14-21(31-24)18-7-5-4-6-8-18/h4-10,13-14,16H,11-12,15H2,1-3H3,(H,26,28)(H,27,29). The topological polar surface area (TPSA) is 93.5 Å². The second-order valence-electron chi connectivity index (χ2n) is 7.57. The minimum absolute atomic E-state index is 0.130. The smallest absolute Gasteiger partial charge is 0.276 e. The predicted molar refractivity (Wildman–Crippen MR) is 117 cm³/mol. The van der Waals surface area contributed by atoms with E-state index >= 15 is 0 Å². The van der Waals surface area contributed by atoms with Crippen LogP contribution in [-0.2, 0) is 16.0 Å². The summed E-state index contributed by atoms with van der Waals surface area (Å²) in [6.45, 7) is 5.90. The van der Waals surface area contributed by atoms with Crippen molar-refractivity contribution in [2.75, 3.05) is 6.61 Å². The Morgan fingerprint density at radius 1 is 1.06 bits per heavy atom. The normalized spacial score (nSPS) is 10.7. The first kappa shape index (κ1) is 22.1. The van der Waals surface area contributed by atoms with Crippen molar-refractivity contribution in [2.24, 2.45) is 0 Å². The van der Waals surface area contributed by atoms with E-state index in [2.05, 4.69) is 29.7 Å². The summed E-state index contributed by atoms with van der Waals surface area (Å²) in [5, 5.41) is 0. The Hall–Kier alpha value is -3.61. The zero-order valence-electron chi connectivity index (χ0n) is 18.0. The zero-order valence-corrected chi connectivity index (χ0v) is 18.0. The first-order chi connectivity index (χ1) is 14.9. The number of carbonyl (C=O) groups is 2. The van der Waals surface area contributed by atoms with Gasteiger partial charge in [0.1, 0.15) is 5.75 Å². The number of aromatic nitrogens is 1. The molecule has 2 N–H and O–H groups in total. The monoisotopic (exact) mass is 421 g/mol. The van der Waals surface area contributed by atoms with E-state index < -0.39 is 5.91 Å². The molecule has 31 heavy (non-hydrogen) atoms. The fourth-order valence-electron chi connectivity index (χ4n) is 3.01. The molecule has 0 aliphatic carbocycles. The highest BCUT2D eigenvalue weighted by atomic mass is 16.5. The average molecular weight is 421 g/mol. The maximum atomic E-state index is 12.0. The van der Waals surface area contributed by atoms with Crippen molar-refractivity contribution >= 4 is 11.8 Å². The summed E-state index contributed by atoms with van der Waals surface area (Å²) in [6.07, 6.45) is 2.09. The van der Waals surface area contributed by atoms with E-state index in [1.165, 1.54) is 0 Å². The van der Waals surface area contributed by atoms with Gasteiger partial charge in [0.15, 0.2) is 18.3 Å². The van der Waals surface area contributed by atoms with Crippen molar-refractivity contribution in [1.82, 2.24) is 15.8 Å². The average Bonchev–Trinajstić information content (AvgIpc) is 3.24. The number of nitrogens with zero attached hydrogens (tertiary/aromatic N) is 1. The summed E-state index contributed by atoms with van der Waals surface area (Å²) in [7, 11) is 0. The molecule has 7 heteroatoms. The third kappa shape index (κ3) is 6.44. The molecule has 0 spiro atoms. The molecule has 3 aromatic rings. The Morgan fingerprint density at radius 3 is 2.55 bits per heavy atom. The number of hydrogen-bond acceptors (Lipinski definition) is 5. The van der Waals surface area contributed by atoms with Gasteiger partial charge in [0.2, 0.25) is 5.91 Å². The molecule has 0 aliphatic heterocycles. The van der Waals surface area contributed by atoms with E-state index in [1.54, 1.807) is 6.20 Å². The van der Waals surface area contributed by atoms with E-state index in [9.17, 15) is 9.59 Å². The van der Waals surface area contributed by atoms with Gasteiger partial charge in [-0.2, -0.15) is 0 Å². The van der Waals surface area contributed by atoms with Gasteiger partial charge in [-0.25, -0.2) is 4.98 Å². The Labute approximate surface area is 181 Å². The summed E-state index contributed by atoms with van der Waals surface area (Å²) in [5.74, 6) is 1.28. The van der Waals surface area contributed by atoms with Crippen LogP contribution in [0.1, 0.15) is 43.2 Å². The van der Waals surface area contributed by atoms with Crippen LogP contribution in [0.2, 0.25) is 0 Å². The fraction of sp³-hybridized carbons (Fsp3) is 0.292. The van der Waals surface area contributed by atoms with Crippen LogP contribution in [-0.4, -0.2) is 23.4 Å². The van der Waals surface area contributed by atoms with Crippen LogP contribution >= 0.6 is 0 Å². The summed E-state index contributed by atoms with van der Waals surface area (Å²) < 4.78 is 11.3. The minimum atomic E-state index is -0.438. The van der Waals surface area contributed by atoms with E-state index in [4.69, 9.17) is 9.15 Å². The third-order valence-electron chi connectivity index (χ3n) is 4.67. The summed E-state index contributed by atoms with van der Waals surface area (Å²) in [4.78, 5) is 28.3. The molecule has 3 rings (SSSR count). The number of hydrazine groups is 1. The highest BCUT2D eigenvalue weighted by Gasteiger charge is 2.12. The van der Waals surface area contributed by atoms with Crippen molar-refractivity contribution in [3.63, 3.8) is 0 Å². The van der Waals surface area contributed by atoms with Crippen LogP contribution in [0.15, 0.2) is 59.1 Å². The van der Waals surface area contributed by atoms with Crippen molar-refractivity contribution < 1.29 is 18.7 Å². The number of ether oxygens (including phenoxy) is 1. The largest absolute Gasteiger partial charge is 0.483 e. The molecule has 0 saturated carbocycles. The highest BCUT2D eigenvalue weighted by molar-refractivity contribution is 5.82. The molecule has 0 saturated heterocycles. The molecular formula is C24H27N3O4. The maximum Gasteiger partial charge on any atom is 0.276 e. The third-order valence-corrected chi connectivity index (χ3v) is 4.67. The maximum absolute atomic E-state index is 12.0. The van der Waals surface area contributed by atoms with Crippen LogP contribution in [0.5, 0.6) is 5.75 Å². The van der Waals surface area contributed by atoms with E-state index in [1.807, 2.05) is 55.5 Å². The second kappa shape index (κ2) is 10.4. The second-order valence-corrected chi connectivity index (χ2v) is 7.57. The highest BCUT2D eigenvalue weighted by Crippen LogP contribution is 2.27. The van der Waals surface area contributed by atoms with Gasteiger partial charge in [0, 0.05) is 18.4 Å². The Morgan fingerprint density at radius 2 is 1.81 bits per heavy atom. The predicted octanol–water partition coefficient (Wildman–Crippen LogP) is 3.93. The van der Waals surface area contributed by atoms with Gasteiger partial charge in [-0.3, -0.25) is 20.4 Å². The molecule has 1 aromatic heterocycles. The summed E-state index contributed by atoms with van der Waals surface area (Å²) in [6, 6.07) is 15.5. The van der Waals surface area contributed by atoms with Crippen LogP contribution in [0.25, 0.3) is 11.3 Å². The van der Waals surface area contributed by atoms with Gasteiger partial charge >= 0.3 is 0 Å². The molecule has 0 aliphatic rings. The molecule has 0 radical (unpaired) electrons. The van der Waals surface area contributed by atoms with Crippen molar-refractivity contribution in [3.05, 3.63) is 71.7 Å². The van der Waals surface area contributed by atoms with Gasteiger partial charge in [0.05, 0.1) is 6.20 Å². The Balaban J connectivity index is 1.42. The molecule has 2 amide bonds. The SMILES string of the molecule is Cc1ccc(C(C)C)c(OCC(=O)NNC(=O)CCc2ncc(-c3ccccc3)o2)c1. The van der Waals surface area contributed by atoms with Gasteiger partial charge in [-0.1, -0.05) is 56.3 Å². The van der Waals surface area contributed by atoms with Crippen LogP contribution < -0.4 is 15.6 Å². The van der Waals surface area contributed by atoms with Crippen LogP contribution in [0, 0.1) is 6.92 Å². The van der Waals surface area contributed by atoms with Gasteiger partial charge < -0.3 is 9.15 Å². The quantitative estimate of drug-likeness (QED) is 0.538. The Bertz CT molecular complexity index is 1030. The minimum Gasteiger partial charge on any atom is -0.483 e. The molecular weight excluding hydrogens is 394 g/mol. The summed E-state index contributed by atoms with van der Waals surface area (Å²) in [5.41, 5.74) is 7.76. The number of carbonyl (C=O) groups excluding carboxylic acids is 2. The van der Waals surface area contributed by atoms with Crippen molar-refractivity contribution in [3.8, 4) is 17.1 Å².